The third kappa shape index (κ3) is 16.8. The zero-order valence-electron chi connectivity index (χ0n) is 68.0. The third-order valence-corrected chi connectivity index (χ3v) is 28.6. The molecular weight excluding hydrogens is 1400 g/mol. The number of rotatable bonds is 20. The first-order chi connectivity index (χ1) is 55.2. The summed E-state index contributed by atoms with van der Waals surface area (Å²) in [7, 11) is 2.22. The minimum Gasteiger partial charge on any atom is -0.388 e. The normalized spacial score (nSPS) is 24.6. The lowest BCUT2D eigenvalue weighted by molar-refractivity contribution is 0.144. The van der Waals surface area contributed by atoms with Crippen molar-refractivity contribution in [1.29, 1.82) is 0 Å². The SMILES string of the molecule is Cc1ccc(C(O)CCCN2CC[C@H]3[C@@H](C2)c2cccc4c2N3CCC4)cc1.Cc1ccc(C(O)CCCN2CC[C@H]3[C@@H](C2)c2cccc4c2N3CCN4C)cc1.Cc1ccc([C@@H](O)CCCN2CC[C@H]3[C@@H](C2)c2cccc4c2N3CCC4)cc1.O[C@H](CCCN1CC[C@H]2[C@@H](C1)c1cccc3c1N2CCC3)c1ccc(F)cc1. The minimum absolute atomic E-state index is 0.253. The summed E-state index contributed by atoms with van der Waals surface area (Å²) in [5.74, 6) is 2.35. The van der Waals surface area contributed by atoms with Crippen LogP contribution in [0.3, 0.4) is 0 Å². The number of aliphatic hydroxyl groups is 4. The number of hydrogen-bond acceptors (Lipinski definition) is 13. The molecule has 0 aliphatic carbocycles. The highest BCUT2D eigenvalue weighted by Gasteiger charge is 2.48. The van der Waals surface area contributed by atoms with E-state index in [0.29, 0.717) is 47.8 Å². The Morgan fingerprint density at radius 1 is 0.327 bits per heavy atom. The van der Waals surface area contributed by atoms with E-state index in [1.165, 1.54) is 157 Å². The maximum absolute atomic E-state index is 13.0. The molecule has 4 N–H and O–H groups in total. The molecule has 8 aromatic carbocycles. The predicted octanol–water partition coefficient (Wildman–Crippen LogP) is 17.1. The molecule has 12 aliphatic rings. The Morgan fingerprint density at radius 3 is 0.929 bits per heavy atom. The first-order valence-electron chi connectivity index (χ1n) is 44.1. The summed E-state index contributed by atoms with van der Waals surface area (Å²) < 4.78 is 13.0. The number of likely N-dealkylation sites (tertiary alicyclic amines) is 4. The lowest BCUT2D eigenvalue weighted by Crippen LogP contribution is -2.49. The second kappa shape index (κ2) is 35.1. The summed E-state index contributed by atoms with van der Waals surface area (Å²) in [6.45, 7) is 25.9. The molecule has 4 fully saturated rings. The summed E-state index contributed by atoms with van der Waals surface area (Å²) in [4.78, 5) is 23.8. The molecule has 0 saturated carbocycles. The van der Waals surface area contributed by atoms with Crippen LogP contribution in [0.2, 0.25) is 0 Å². The van der Waals surface area contributed by atoms with E-state index in [9.17, 15) is 24.8 Å². The van der Waals surface area contributed by atoms with Crippen LogP contribution in [-0.2, 0) is 19.3 Å². The van der Waals surface area contributed by atoms with E-state index in [0.717, 1.165) is 133 Å². The van der Waals surface area contributed by atoms with Crippen molar-refractivity contribution in [3.05, 3.63) is 254 Å². The van der Waals surface area contributed by atoms with Gasteiger partial charge in [-0.05, 0) is 242 Å². The van der Waals surface area contributed by atoms with Crippen LogP contribution in [-0.4, -0.2) is 183 Å². The Kier molecular flexibility index (Phi) is 24.2. The molecule has 0 bridgehead atoms. The van der Waals surface area contributed by atoms with Crippen molar-refractivity contribution in [2.45, 2.75) is 209 Å². The molecule has 12 heterocycles. The number of fused-ring (bicyclic) bond motifs is 12. The number of likely N-dealkylation sites (N-methyl/N-ethyl adjacent to an activating group) is 1. The topological polar surface area (TPSA) is 110 Å². The van der Waals surface area contributed by atoms with Gasteiger partial charge in [0, 0.05) is 157 Å². The number of benzene rings is 8. The van der Waals surface area contributed by atoms with Gasteiger partial charge >= 0.3 is 0 Å². The number of halogens is 1. The molecule has 8 aromatic rings. The highest BCUT2D eigenvalue weighted by Crippen LogP contribution is 2.54. The fourth-order valence-electron chi connectivity index (χ4n) is 22.6. The average Bonchev–Trinajstić information content (AvgIpc) is 1.52. The maximum atomic E-state index is 13.0. The molecule has 2 unspecified atom stereocenters. The van der Waals surface area contributed by atoms with Crippen LogP contribution >= 0.6 is 0 Å². The Balaban J connectivity index is 0.000000109. The summed E-state index contributed by atoms with van der Waals surface area (Å²) in [5, 5.41) is 41.9. The molecule has 0 radical (unpaired) electrons. The van der Waals surface area contributed by atoms with Gasteiger partial charge in [-0.3, -0.25) is 0 Å². The molecule has 0 aromatic heterocycles. The van der Waals surface area contributed by atoms with Crippen LogP contribution in [0, 0.1) is 26.6 Å². The van der Waals surface area contributed by atoms with Gasteiger partial charge in [0.05, 0.1) is 35.8 Å². The molecule has 4 saturated heterocycles. The highest BCUT2D eigenvalue weighted by molar-refractivity contribution is 5.81. The standard InChI is InChI=1S/C25H33N3O.2C25H32N2O.C24H29FN2O/c1-18-8-10-19(11-9-18)24(29)7-4-13-27-14-12-22-21(17-27)20-5-3-6-23-25(20)28(22)16-15-26(23)2;2*1-18-9-11-19(12-10-18)24(28)8-4-14-26-16-13-23-22(17-26)21-7-2-5-20-6-3-15-27(23)25(20)21;25-19-10-8-17(9-11-19)23(28)7-3-13-26-15-12-22-21(16-26)20-6-1-4-18-5-2-14-27(22)24(18)20/h3,5-6,8-11,21-22,24,29H,4,7,12-17H2,1-2H3;2*2,5,7,9-12,22-24,28H,3-4,6,8,13-17H2,1H3;1,4,6,8-11,21-23,28H,2-3,5,7,12-16H2/t21-,22-,24?;22-,23-,24?;22-,23-,24-;21-,22-,23+/m0000/s1. The molecule has 13 nitrogen and oxygen atoms in total. The zero-order valence-corrected chi connectivity index (χ0v) is 68.0. The van der Waals surface area contributed by atoms with Crippen molar-refractivity contribution >= 4 is 28.4 Å². The van der Waals surface area contributed by atoms with Crippen molar-refractivity contribution < 1.29 is 24.8 Å². The van der Waals surface area contributed by atoms with Gasteiger partial charge in [0.2, 0.25) is 0 Å². The molecule has 113 heavy (non-hydrogen) atoms. The van der Waals surface area contributed by atoms with Gasteiger partial charge in [-0.2, -0.15) is 0 Å². The summed E-state index contributed by atoms with van der Waals surface area (Å²) in [5.41, 5.74) is 26.4. The fourth-order valence-corrected chi connectivity index (χ4v) is 22.6. The van der Waals surface area contributed by atoms with Gasteiger partial charge in [0.15, 0.2) is 0 Å². The number of hydrogen-bond donors (Lipinski definition) is 4. The molecule has 0 amide bonds. The summed E-state index contributed by atoms with van der Waals surface area (Å²) in [6.07, 6.45) is 18.5. The molecule has 12 aliphatic heterocycles. The quantitative estimate of drug-likeness (QED) is 0.0582. The third-order valence-electron chi connectivity index (χ3n) is 28.6. The lowest BCUT2D eigenvalue weighted by atomic mass is 9.88. The van der Waals surface area contributed by atoms with Gasteiger partial charge in [-0.25, -0.2) is 4.39 Å². The van der Waals surface area contributed by atoms with Gasteiger partial charge in [-0.15, -0.1) is 0 Å². The Labute approximate surface area is 674 Å². The van der Waals surface area contributed by atoms with Crippen molar-refractivity contribution in [3.8, 4) is 0 Å². The van der Waals surface area contributed by atoms with E-state index in [-0.39, 0.29) is 24.1 Å². The second-order valence-electron chi connectivity index (χ2n) is 35.8. The number of piperidine rings is 4. The van der Waals surface area contributed by atoms with E-state index in [1.54, 1.807) is 68.1 Å². The van der Waals surface area contributed by atoms with E-state index < -0.39 is 6.10 Å². The largest absolute Gasteiger partial charge is 0.388 e. The van der Waals surface area contributed by atoms with Gasteiger partial charge in [-0.1, -0.05) is 168 Å². The van der Waals surface area contributed by atoms with Gasteiger partial charge in [0.1, 0.15) is 5.82 Å². The Morgan fingerprint density at radius 2 is 0.611 bits per heavy atom. The van der Waals surface area contributed by atoms with Crippen LogP contribution < -0.4 is 24.5 Å². The van der Waals surface area contributed by atoms with Crippen molar-refractivity contribution in [3.63, 3.8) is 0 Å². The fraction of sp³-hybridized carbons (Fsp3) is 0.515. The zero-order chi connectivity index (χ0) is 77.2. The van der Waals surface area contributed by atoms with Crippen LogP contribution in [0.4, 0.5) is 32.8 Å². The summed E-state index contributed by atoms with van der Waals surface area (Å²) >= 11 is 0. The maximum Gasteiger partial charge on any atom is 0.123 e. The van der Waals surface area contributed by atoms with Crippen LogP contribution in [0.5, 0.6) is 0 Å². The molecule has 14 heteroatoms. The predicted molar refractivity (Wildman–Crippen MR) is 460 cm³/mol. The smallest absolute Gasteiger partial charge is 0.123 e. The Hall–Kier alpha value is -7.63. The second-order valence-corrected chi connectivity index (χ2v) is 35.8. The minimum atomic E-state index is -0.502. The highest BCUT2D eigenvalue weighted by atomic mass is 19.1. The number of para-hydroxylation sites is 4. The average molecular weight is 1530 g/mol. The monoisotopic (exact) mass is 1520 g/mol. The van der Waals surface area contributed by atoms with Crippen molar-refractivity contribution in [2.24, 2.45) is 0 Å². The van der Waals surface area contributed by atoms with E-state index >= 15 is 0 Å². The molecule has 0 spiro atoms. The molecule has 598 valence electrons. The van der Waals surface area contributed by atoms with E-state index in [4.69, 9.17) is 0 Å². The van der Waals surface area contributed by atoms with Crippen LogP contribution in [0.1, 0.15) is 222 Å². The number of aryl methyl sites for hydroxylation is 6. The van der Waals surface area contributed by atoms with Crippen molar-refractivity contribution in [2.75, 3.05) is 143 Å². The molecule has 20 rings (SSSR count). The van der Waals surface area contributed by atoms with Crippen molar-refractivity contribution in [1.82, 2.24) is 19.6 Å². The molecular formula is C99H126FN9O4. The molecule has 12 atom stereocenters. The first kappa shape index (κ1) is 77.9. The van der Waals surface area contributed by atoms with Gasteiger partial charge in [0.25, 0.3) is 0 Å². The lowest BCUT2D eigenvalue weighted by Gasteiger charge is -2.41. The summed E-state index contributed by atoms with van der Waals surface area (Å²) in [6, 6.07) is 61.7. The first-order valence-corrected chi connectivity index (χ1v) is 44.1. The number of aliphatic hydroxyl groups excluding tert-OH is 4. The Bertz CT molecular complexity index is 4170. The van der Waals surface area contributed by atoms with E-state index in [1.807, 2.05) is 0 Å². The number of nitrogens with zero attached hydrogens (tertiary/aromatic N) is 9. The van der Waals surface area contributed by atoms with Crippen LogP contribution in [0.15, 0.2) is 170 Å². The van der Waals surface area contributed by atoms with Crippen LogP contribution in [0.25, 0.3) is 0 Å². The number of anilines is 5. The van der Waals surface area contributed by atoms with Gasteiger partial charge < -0.3 is 64.5 Å². The van der Waals surface area contributed by atoms with E-state index in [2.05, 4.69) is 218 Å².